The van der Waals surface area contributed by atoms with Gasteiger partial charge in [0.2, 0.25) is 0 Å². The van der Waals surface area contributed by atoms with Gasteiger partial charge in [0.25, 0.3) is 5.91 Å². The molecule has 0 saturated carbocycles. The van der Waals surface area contributed by atoms with E-state index in [0.717, 1.165) is 48.1 Å². The number of nitrogens with zero attached hydrogens (tertiary/aromatic N) is 3. The Morgan fingerprint density at radius 3 is 2.67 bits per heavy atom. The first kappa shape index (κ1) is 21.1. The Morgan fingerprint density at radius 2 is 1.97 bits per heavy atom. The topological polar surface area (TPSA) is 118 Å². The second-order valence-corrected chi connectivity index (χ2v) is 8.24. The van der Waals surface area contributed by atoms with Gasteiger partial charge < -0.3 is 21.5 Å². The summed E-state index contributed by atoms with van der Waals surface area (Å²) in [6, 6.07) is 16.8. The number of hydrogen-bond donors (Lipinski definition) is 4. The van der Waals surface area contributed by atoms with Crippen molar-refractivity contribution >= 4 is 28.3 Å². The lowest BCUT2D eigenvalue weighted by atomic mass is 10.0. The molecule has 1 amide bonds. The van der Waals surface area contributed by atoms with Crippen molar-refractivity contribution in [3.05, 3.63) is 71.9 Å². The van der Waals surface area contributed by atoms with Gasteiger partial charge in [-0.15, -0.1) is 0 Å². The van der Waals surface area contributed by atoms with Crippen LogP contribution in [-0.2, 0) is 6.61 Å². The second-order valence-electron chi connectivity index (χ2n) is 8.24. The van der Waals surface area contributed by atoms with Crippen molar-refractivity contribution in [1.29, 1.82) is 0 Å². The Labute approximate surface area is 191 Å². The number of nitrogens with two attached hydrogens (primary N) is 1. The number of piperidine rings is 1. The number of aliphatic hydroxyl groups excluding tert-OH is 1. The molecule has 1 saturated heterocycles. The van der Waals surface area contributed by atoms with E-state index in [0.29, 0.717) is 22.6 Å². The molecule has 1 atom stereocenters. The van der Waals surface area contributed by atoms with Gasteiger partial charge in [0.15, 0.2) is 0 Å². The molecule has 8 heteroatoms. The molecule has 1 fully saturated rings. The number of amides is 1. The fraction of sp³-hybridized carbons (Fsp3) is 0.240. The van der Waals surface area contributed by atoms with Gasteiger partial charge in [-0.05, 0) is 43.7 Å². The Hall–Kier alpha value is -3.75. The van der Waals surface area contributed by atoms with E-state index in [1.807, 2.05) is 47.1 Å². The standard InChI is InChI=1S/C25H26N6O2/c26-24-21-22(16-8-10-17(11-9-16)25(33)29-19-5-2-1-3-6-19)30-31(20-7-4-12-27-14-20)23(21)18(15-32)13-28-24/h1-3,5-6,8-11,13,20,27,32H,4,7,12,14-15H2,(H2,26,28)(H,29,33). The van der Waals surface area contributed by atoms with Gasteiger partial charge in [-0.1, -0.05) is 30.3 Å². The summed E-state index contributed by atoms with van der Waals surface area (Å²) in [4.78, 5) is 16.9. The predicted octanol–water partition coefficient (Wildman–Crippen LogP) is 3.35. The zero-order chi connectivity index (χ0) is 22.8. The van der Waals surface area contributed by atoms with E-state index in [2.05, 4.69) is 15.6 Å². The van der Waals surface area contributed by atoms with Gasteiger partial charge in [-0.3, -0.25) is 9.48 Å². The molecule has 1 aliphatic heterocycles. The third-order valence-corrected chi connectivity index (χ3v) is 6.07. The number of carbonyl (C=O) groups excluding carboxylic acids is 1. The third kappa shape index (κ3) is 4.06. The highest BCUT2D eigenvalue weighted by atomic mass is 16.3. The molecule has 0 radical (unpaired) electrons. The lowest BCUT2D eigenvalue weighted by Crippen LogP contribution is -2.32. The maximum atomic E-state index is 12.6. The van der Waals surface area contributed by atoms with Gasteiger partial charge in [0.05, 0.1) is 23.6 Å². The van der Waals surface area contributed by atoms with E-state index in [1.54, 1.807) is 18.3 Å². The Balaban J connectivity index is 1.53. The van der Waals surface area contributed by atoms with E-state index in [4.69, 9.17) is 10.8 Å². The number of pyridine rings is 1. The highest BCUT2D eigenvalue weighted by Gasteiger charge is 2.24. The van der Waals surface area contributed by atoms with Crippen molar-refractivity contribution in [1.82, 2.24) is 20.1 Å². The number of nitrogens with one attached hydrogen (secondary N) is 2. The van der Waals surface area contributed by atoms with Crippen molar-refractivity contribution in [2.45, 2.75) is 25.5 Å². The smallest absolute Gasteiger partial charge is 0.255 e. The minimum absolute atomic E-state index is 0.145. The molecule has 3 heterocycles. The minimum Gasteiger partial charge on any atom is -0.392 e. The number of rotatable bonds is 5. The largest absolute Gasteiger partial charge is 0.392 e. The van der Waals surface area contributed by atoms with Crippen LogP contribution in [0, 0.1) is 0 Å². The maximum Gasteiger partial charge on any atom is 0.255 e. The van der Waals surface area contributed by atoms with E-state index < -0.39 is 0 Å². The number of nitrogen functional groups attached to an aromatic ring is 1. The number of hydrogen-bond acceptors (Lipinski definition) is 6. The van der Waals surface area contributed by atoms with Crippen LogP contribution in [0.3, 0.4) is 0 Å². The van der Waals surface area contributed by atoms with E-state index >= 15 is 0 Å². The molecule has 0 aliphatic carbocycles. The molecule has 8 nitrogen and oxygen atoms in total. The SMILES string of the molecule is Nc1ncc(CO)c2c1c(-c1ccc(C(=O)Nc3ccccc3)cc1)nn2C1CCCNC1. The van der Waals surface area contributed by atoms with Crippen LogP contribution in [0.2, 0.25) is 0 Å². The normalized spacial score (nSPS) is 16.1. The zero-order valence-corrected chi connectivity index (χ0v) is 18.2. The first-order chi connectivity index (χ1) is 16.2. The van der Waals surface area contributed by atoms with Crippen molar-refractivity contribution in [2.75, 3.05) is 24.1 Å². The molecule has 2 aromatic heterocycles. The monoisotopic (exact) mass is 442 g/mol. The van der Waals surface area contributed by atoms with Gasteiger partial charge >= 0.3 is 0 Å². The van der Waals surface area contributed by atoms with Gasteiger partial charge in [-0.25, -0.2) is 4.98 Å². The predicted molar refractivity (Wildman–Crippen MR) is 129 cm³/mol. The van der Waals surface area contributed by atoms with Crippen LogP contribution in [0.5, 0.6) is 0 Å². The van der Waals surface area contributed by atoms with Crippen LogP contribution in [-0.4, -0.2) is 38.9 Å². The zero-order valence-electron chi connectivity index (χ0n) is 18.2. The number of aliphatic hydroxyl groups is 1. The summed E-state index contributed by atoms with van der Waals surface area (Å²) in [6.07, 6.45) is 3.67. The summed E-state index contributed by atoms with van der Waals surface area (Å²) in [7, 11) is 0. The van der Waals surface area contributed by atoms with E-state index in [-0.39, 0.29) is 18.6 Å². The molecule has 4 aromatic rings. The number of fused-ring (bicyclic) bond motifs is 1. The molecule has 5 rings (SSSR count). The summed E-state index contributed by atoms with van der Waals surface area (Å²) in [5, 5.41) is 22.0. The summed E-state index contributed by atoms with van der Waals surface area (Å²) < 4.78 is 1.98. The molecule has 0 bridgehead atoms. The molecule has 33 heavy (non-hydrogen) atoms. The van der Waals surface area contributed by atoms with Crippen molar-refractivity contribution in [3.63, 3.8) is 0 Å². The maximum absolute atomic E-state index is 12.6. The molecule has 2 aromatic carbocycles. The summed E-state index contributed by atoms with van der Waals surface area (Å²) in [6.45, 7) is 1.65. The van der Waals surface area contributed by atoms with Gasteiger partial charge in [0, 0.05) is 35.1 Å². The highest BCUT2D eigenvalue weighted by Crippen LogP contribution is 2.36. The van der Waals surface area contributed by atoms with E-state index in [1.165, 1.54) is 0 Å². The number of benzene rings is 2. The van der Waals surface area contributed by atoms with Crippen LogP contribution >= 0.6 is 0 Å². The summed E-state index contributed by atoms with van der Waals surface area (Å²) in [5.41, 5.74) is 10.6. The number of para-hydroxylation sites is 1. The van der Waals surface area contributed by atoms with Crippen LogP contribution in [0.4, 0.5) is 11.5 Å². The van der Waals surface area contributed by atoms with Gasteiger partial charge in [0.1, 0.15) is 11.5 Å². The molecular weight excluding hydrogens is 416 g/mol. The molecular formula is C25H26N6O2. The minimum atomic E-state index is -0.180. The molecule has 168 valence electrons. The Kier molecular flexibility index (Phi) is 5.77. The Bertz CT molecular complexity index is 1280. The highest BCUT2D eigenvalue weighted by molar-refractivity contribution is 6.05. The van der Waals surface area contributed by atoms with Crippen LogP contribution in [0.25, 0.3) is 22.2 Å². The van der Waals surface area contributed by atoms with Gasteiger partial charge in [-0.2, -0.15) is 5.10 Å². The van der Waals surface area contributed by atoms with Crippen molar-refractivity contribution in [2.24, 2.45) is 0 Å². The van der Waals surface area contributed by atoms with Crippen molar-refractivity contribution in [3.8, 4) is 11.3 Å². The Morgan fingerprint density at radius 1 is 1.18 bits per heavy atom. The van der Waals surface area contributed by atoms with Crippen LogP contribution in [0.1, 0.15) is 34.8 Å². The number of carbonyl (C=O) groups is 1. The van der Waals surface area contributed by atoms with Crippen molar-refractivity contribution < 1.29 is 9.90 Å². The summed E-state index contributed by atoms with van der Waals surface area (Å²) in [5.74, 6) is 0.193. The third-order valence-electron chi connectivity index (χ3n) is 6.07. The number of aromatic nitrogens is 3. The fourth-order valence-electron chi connectivity index (χ4n) is 4.39. The molecule has 5 N–H and O–H groups in total. The first-order valence-corrected chi connectivity index (χ1v) is 11.1. The lowest BCUT2D eigenvalue weighted by molar-refractivity contribution is 0.102. The summed E-state index contributed by atoms with van der Waals surface area (Å²) >= 11 is 0. The van der Waals surface area contributed by atoms with Crippen LogP contribution < -0.4 is 16.4 Å². The first-order valence-electron chi connectivity index (χ1n) is 11.1. The fourth-order valence-corrected chi connectivity index (χ4v) is 4.39. The van der Waals surface area contributed by atoms with Crippen LogP contribution in [0.15, 0.2) is 60.8 Å². The average molecular weight is 443 g/mol. The molecule has 0 spiro atoms. The second kappa shape index (κ2) is 9.01. The molecule has 1 unspecified atom stereocenters. The molecule has 1 aliphatic rings. The quantitative estimate of drug-likeness (QED) is 0.376. The van der Waals surface area contributed by atoms with E-state index in [9.17, 15) is 9.90 Å². The lowest BCUT2D eigenvalue weighted by Gasteiger charge is -2.24. The average Bonchev–Trinajstić information content (AvgIpc) is 3.27. The number of anilines is 2.